The summed E-state index contributed by atoms with van der Waals surface area (Å²) in [5.41, 5.74) is 3.74. The molecule has 0 spiro atoms. The number of aryl methyl sites for hydroxylation is 1. The molecule has 2 aromatic heterocycles. The van der Waals surface area contributed by atoms with Crippen LogP contribution in [0.1, 0.15) is 46.6 Å². The third kappa shape index (κ3) is 4.51. The minimum Gasteiger partial charge on any atom is -0.455 e. The molecule has 190 valence electrons. The number of hydrogen-bond acceptors (Lipinski definition) is 7. The molecule has 5 rings (SSSR count). The number of fused-ring (bicyclic) bond motifs is 1. The maximum atomic E-state index is 13.4. The molecular formula is C28H27N3O5S. The van der Waals surface area contributed by atoms with Crippen molar-refractivity contribution in [2.45, 2.75) is 33.2 Å². The molecule has 1 atom stereocenters. The summed E-state index contributed by atoms with van der Waals surface area (Å²) in [6.45, 7) is 5.70. The Kier molecular flexibility index (Phi) is 6.33. The van der Waals surface area contributed by atoms with Gasteiger partial charge in [0.25, 0.3) is 5.91 Å². The van der Waals surface area contributed by atoms with Crippen LogP contribution >= 0.6 is 0 Å². The van der Waals surface area contributed by atoms with E-state index < -0.39 is 22.0 Å². The Balaban J connectivity index is 1.58. The van der Waals surface area contributed by atoms with Gasteiger partial charge in [0.15, 0.2) is 11.1 Å². The van der Waals surface area contributed by atoms with Gasteiger partial charge in [-0.15, -0.1) is 0 Å². The Morgan fingerprint density at radius 3 is 2.57 bits per heavy atom. The molecule has 0 saturated carbocycles. The first-order chi connectivity index (χ1) is 17.7. The van der Waals surface area contributed by atoms with Crippen LogP contribution in [0.2, 0.25) is 0 Å². The van der Waals surface area contributed by atoms with Crippen LogP contribution in [0.25, 0.3) is 22.3 Å². The highest BCUT2D eigenvalue weighted by atomic mass is 32.2. The van der Waals surface area contributed by atoms with Crippen molar-refractivity contribution in [3.8, 4) is 11.3 Å². The van der Waals surface area contributed by atoms with E-state index in [0.29, 0.717) is 34.4 Å². The molecular weight excluding hydrogens is 490 g/mol. The summed E-state index contributed by atoms with van der Waals surface area (Å²) in [6.07, 6.45) is 1.86. The molecule has 3 heterocycles. The van der Waals surface area contributed by atoms with Crippen LogP contribution in [0.15, 0.2) is 70.0 Å². The van der Waals surface area contributed by atoms with Crippen LogP contribution in [0.5, 0.6) is 0 Å². The van der Waals surface area contributed by atoms with Gasteiger partial charge in [-0.25, -0.2) is 17.7 Å². The van der Waals surface area contributed by atoms with Gasteiger partial charge in [-0.1, -0.05) is 36.4 Å². The Hall–Kier alpha value is -3.98. The fourth-order valence-electron chi connectivity index (χ4n) is 4.74. The van der Waals surface area contributed by atoms with Gasteiger partial charge in [0.1, 0.15) is 11.3 Å². The number of rotatable bonds is 5. The molecule has 0 aliphatic carbocycles. The molecule has 1 fully saturated rings. The van der Waals surface area contributed by atoms with Gasteiger partial charge >= 0.3 is 0 Å². The quantitative estimate of drug-likeness (QED) is 0.404. The van der Waals surface area contributed by atoms with E-state index in [4.69, 9.17) is 4.42 Å². The summed E-state index contributed by atoms with van der Waals surface area (Å²) in [5, 5.41) is 3.78. The summed E-state index contributed by atoms with van der Waals surface area (Å²) in [4.78, 5) is 30.7. The zero-order valence-electron chi connectivity index (χ0n) is 20.8. The van der Waals surface area contributed by atoms with E-state index in [1.165, 1.54) is 6.20 Å². The normalized spacial score (nSPS) is 15.6. The zero-order valence-corrected chi connectivity index (χ0v) is 21.6. The lowest BCUT2D eigenvalue weighted by Gasteiger charge is -2.21. The third-order valence-electron chi connectivity index (χ3n) is 6.60. The summed E-state index contributed by atoms with van der Waals surface area (Å²) < 4.78 is 31.9. The lowest BCUT2D eigenvalue weighted by Crippen LogP contribution is -2.33. The zero-order chi connectivity index (χ0) is 26.3. The van der Waals surface area contributed by atoms with Gasteiger partial charge in [-0.2, -0.15) is 0 Å². The second-order valence-corrected chi connectivity index (χ2v) is 11.3. The molecule has 1 aliphatic rings. The molecule has 37 heavy (non-hydrogen) atoms. The van der Waals surface area contributed by atoms with Crippen molar-refractivity contribution in [2.75, 3.05) is 17.6 Å². The van der Waals surface area contributed by atoms with Crippen molar-refractivity contribution in [1.29, 1.82) is 0 Å². The van der Waals surface area contributed by atoms with Crippen molar-refractivity contribution < 1.29 is 17.6 Å². The maximum Gasteiger partial charge on any atom is 0.288 e. The Morgan fingerprint density at radius 1 is 1.11 bits per heavy atom. The van der Waals surface area contributed by atoms with Crippen molar-refractivity contribution in [3.63, 3.8) is 0 Å². The van der Waals surface area contributed by atoms with E-state index in [9.17, 15) is 18.0 Å². The summed E-state index contributed by atoms with van der Waals surface area (Å²) in [6, 6.07) is 16.2. The molecule has 0 radical (unpaired) electrons. The molecule has 1 amide bonds. The van der Waals surface area contributed by atoms with Crippen molar-refractivity contribution in [1.82, 2.24) is 9.29 Å². The van der Waals surface area contributed by atoms with Gasteiger partial charge in [-0.05, 0) is 51.0 Å². The molecule has 2 aromatic carbocycles. The van der Waals surface area contributed by atoms with Gasteiger partial charge < -0.3 is 9.73 Å². The minimum atomic E-state index is -3.64. The predicted octanol–water partition coefficient (Wildman–Crippen LogP) is 4.82. The maximum absolute atomic E-state index is 13.4. The fourth-order valence-corrected chi connectivity index (χ4v) is 6.20. The summed E-state index contributed by atoms with van der Waals surface area (Å²) in [7, 11) is -3.64. The average molecular weight is 518 g/mol. The van der Waals surface area contributed by atoms with Crippen molar-refractivity contribution in [2.24, 2.45) is 0 Å². The summed E-state index contributed by atoms with van der Waals surface area (Å²) in [5.74, 6) is -0.204. The Bertz CT molecular complexity index is 1680. The number of carbonyl (C=O) groups excluding carboxylic acids is 1. The van der Waals surface area contributed by atoms with E-state index in [1.54, 1.807) is 19.1 Å². The highest BCUT2D eigenvalue weighted by Crippen LogP contribution is 2.33. The minimum absolute atomic E-state index is 0.0269. The number of nitrogens with one attached hydrogen (secondary N) is 1. The number of anilines is 1. The number of nitrogens with zero attached hydrogens (tertiary/aromatic N) is 2. The highest BCUT2D eigenvalue weighted by Gasteiger charge is 2.35. The van der Waals surface area contributed by atoms with E-state index in [-0.39, 0.29) is 23.4 Å². The molecule has 1 aliphatic heterocycles. The largest absolute Gasteiger partial charge is 0.455 e. The molecule has 4 aromatic rings. The smallest absolute Gasteiger partial charge is 0.288 e. The number of pyridine rings is 1. The molecule has 8 nitrogen and oxygen atoms in total. The molecule has 1 N–H and O–H groups in total. The van der Waals surface area contributed by atoms with Crippen LogP contribution in [0.4, 0.5) is 5.69 Å². The number of amides is 1. The monoisotopic (exact) mass is 517 g/mol. The molecule has 1 saturated heterocycles. The van der Waals surface area contributed by atoms with E-state index >= 15 is 0 Å². The molecule has 0 bridgehead atoms. The van der Waals surface area contributed by atoms with Gasteiger partial charge in [-0.3, -0.25) is 9.59 Å². The highest BCUT2D eigenvalue weighted by molar-refractivity contribution is 7.89. The van der Waals surface area contributed by atoms with Gasteiger partial charge in [0.05, 0.1) is 22.9 Å². The van der Waals surface area contributed by atoms with E-state index in [2.05, 4.69) is 10.3 Å². The topological polar surface area (TPSA) is 110 Å². The number of aromatic nitrogens is 1. The van der Waals surface area contributed by atoms with E-state index in [1.807, 2.05) is 56.3 Å². The Labute approximate surface area is 215 Å². The van der Waals surface area contributed by atoms with Crippen molar-refractivity contribution in [3.05, 3.63) is 93.4 Å². The third-order valence-corrected chi connectivity index (χ3v) is 8.43. The summed E-state index contributed by atoms with van der Waals surface area (Å²) >= 11 is 0. The molecule has 9 heteroatoms. The number of sulfonamides is 1. The lowest BCUT2D eigenvalue weighted by atomic mass is 9.98. The van der Waals surface area contributed by atoms with Crippen LogP contribution in [-0.4, -0.2) is 35.9 Å². The first-order valence-corrected chi connectivity index (χ1v) is 13.7. The lowest BCUT2D eigenvalue weighted by molar-refractivity contribution is 0.0865. The first kappa shape index (κ1) is 24.7. The van der Waals surface area contributed by atoms with Crippen LogP contribution in [0, 0.1) is 13.8 Å². The van der Waals surface area contributed by atoms with Crippen LogP contribution < -0.4 is 10.7 Å². The molecule has 1 unspecified atom stereocenters. The van der Waals surface area contributed by atoms with E-state index in [0.717, 1.165) is 21.0 Å². The SMILES string of the molecule is Cc1cc(C(C)Nc2cccnc2C(=O)N2CCCS2(=O)=O)c2oc(-c3ccccc3)c(C)c(=O)c2c1. The standard InChI is InChI=1S/C28H27N3O5S/c1-17-15-21(27-22(16-17)25(32)18(2)26(36-27)20-9-5-4-6-10-20)19(3)30-23-11-7-12-29-24(23)28(33)31-13-8-14-37(31,34)35/h4-7,9-12,15-16,19,30H,8,13-14H2,1-3H3. The van der Waals surface area contributed by atoms with Crippen molar-refractivity contribution >= 4 is 32.6 Å². The van der Waals surface area contributed by atoms with Crippen LogP contribution in [0.3, 0.4) is 0 Å². The fraction of sp³-hybridized carbons (Fsp3) is 0.250. The van der Waals surface area contributed by atoms with Crippen LogP contribution in [-0.2, 0) is 10.0 Å². The van der Waals surface area contributed by atoms with Gasteiger partial charge in [0, 0.05) is 29.4 Å². The second-order valence-electron chi connectivity index (χ2n) is 9.29. The first-order valence-electron chi connectivity index (χ1n) is 12.1. The number of hydrogen-bond donors (Lipinski definition) is 1. The number of carbonyl (C=O) groups is 1. The average Bonchev–Trinajstić information content (AvgIpc) is 3.25. The number of benzene rings is 2. The predicted molar refractivity (Wildman–Crippen MR) is 143 cm³/mol. The Morgan fingerprint density at radius 2 is 1.86 bits per heavy atom. The second kappa shape index (κ2) is 9.48. The van der Waals surface area contributed by atoms with Gasteiger partial charge in [0.2, 0.25) is 10.0 Å².